The summed E-state index contributed by atoms with van der Waals surface area (Å²) in [5.74, 6) is -1.58. The number of nitrogens with two attached hydrogens (primary N) is 1. The Morgan fingerprint density at radius 3 is 2.53 bits per heavy atom. The van der Waals surface area contributed by atoms with E-state index in [-0.39, 0.29) is 13.1 Å². The fourth-order valence-electron chi connectivity index (χ4n) is 4.18. The third-order valence-corrected chi connectivity index (χ3v) is 6.77. The van der Waals surface area contributed by atoms with Gasteiger partial charge in [-0.15, -0.1) is 0 Å². The molecule has 3 amide bonds. The van der Waals surface area contributed by atoms with Crippen molar-refractivity contribution < 1.29 is 34.3 Å². The third kappa shape index (κ3) is 10.8. The third-order valence-electron chi connectivity index (χ3n) is 6.77. The lowest BCUT2D eigenvalue weighted by Gasteiger charge is -2.34. The Bertz CT molecular complexity index is 704. The number of hydrogen-bond donors (Lipinski definition) is 4. The van der Waals surface area contributed by atoms with Crippen LogP contribution in [0.4, 0.5) is 0 Å². The molecule has 11 heteroatoms. The van der Waals surface area contributed by atoms with Crippen molar-refractivity contribution in [2.75, 3.05) is 13.1 Å². The predicted octanol–water partition coefficient (Wildman–Crippen LogP) is 2.52. The van der Waals surface area contributed by atoms with Crippen molar-refractivity contribution in [2.45, 2.75) is 116 Å². The van der Waals surface area contributed by atoms with Crippen LogP contribution in [-0.2, 0) is 23.9 Å². The van der Waals surface area contributed by atoms with Crippen molar-refractivity contribution in [1.29, 1.82) is 0 Å². The van der Waals surface area contributed by atoms with E-state index in [1.807, 2.05) is 0 Å². The molecule has 0 spiro atoms. The van der Waals surface area contributed by atoms with Gasteiger partial charge in [-0.2, -0.15) is 0 Å². The highest BCUT2D eigenvalue weighted by Crippen LogP contribution is 2.29. The molecule has 208 valence electrons. The lowest BCUT2D eigenvalue weighted by Crippen LogP contribution is -2.54. The Labute approximate surface area is 214 Å². The number of hydroxylamine groups is 4. The highest BCUT2D eigenvalue weighted by atomic mass is 16.5. The first-order chi connectivity index (χ1) is 17.0. The maximum absolute atomic E-state index is 13.3. The first kappa shape index (κ1) is 31.8. The van der Waals surface area contributed by atoms with E-state index in [0.29, 0.717) is 61.5 Å². The Morgan fingerprint density at radius 1 is 1.19 bits per heavy atom. The van der Waals surface area contributed by atoms with Crippen molar-refractivity contribution in [1.82, 2.24) is 15.4 Å². The molecule has 1 aliphatic heterocycles. The monoisotopic (exact) mass is 514 g/mol. The van der Waals surface area contributed by atoms with Crippen LogP contribution in [0, 0.1) is 5.41 Å². The Morgan fingerprint density at radius 2 is 1.86 bits per heavy atom. The van der Waals surface area contributed by atoms with Crippen molar-refractivity contribution in [3.63, 3.8) is 0 Å². The second kappa shape index (κ2) is 16.5. The van der Waals surface area contributed by atoms with Gasteiger partial charge in [-0.05, 0) is 65.2 Å². The van der Waals surface area contributed by atoms with E-state index < -0.39 is 41.4 Å². The van der Waals surface area contributed by atoms with Crippen LogP contribution in [-0.4, -0.2) is 76.0 Å². The summed E-state index contributed by atoms with van der Waals surface area (Å²) < 4.78 is 5.78. The van der Waals surface area contributed by atoms with Gasteiger partial charge in [0.1, 0.15) is 18.2 Å². The molecule has 36 heavy (non-hydrogen) atoms. The molecule has 0 aliphatic carbocycles. The number of nitrogens with zero attached hydrogens (tertiary/aromatic N) is 2. The molecule has 0 bridgehead atoms. The molecule has 1 fully saturated rings. The summed E-state index contributed by atoms with van der Waals surface area (Å²) in [6.45, 7) is 5.87. The van der Waals surface area contributed by atoms with E-state index in [9.17, 15) is 24.4 Å². The molecule has 3 atom stereocenters. The van der Waals surface area contributed by atoms with Gasteiger partial charge < -0.3 is 15.8 Å². The van der Waals surface area contributed by atoms with Gasteiger partial charge >= 0.3 is 5.97 Å². The van der Waals surface area contributed by atoms with Gasteiger partial charge in [0.2, 0.25) is 12.3 Å². The van der Waals surface area contributed by atoms with E-state index in [1.54, 1.807) is 13.8 Å². The van der Waals surface area contributed by atoms with Crippen LogP contribution in [0.15, 0.2) is 0 Å². The van der Waals surface area contributed by atoms with Crippen LogP contribution < -0.4 is 11.1 Å². The predicted molar refractivity (Wildman–Crippen MR) is 133 cm³/mol. The molecule has 0 unspecified atom stereocenters. The molecule has 1 heterocycles. The largest absolute Gasteiger partial charge is 0.460 e. The van der Waals surface area contributed by atoms with Crippen molar-refractivity contribution in [3.05, 3.63) is 0 Å². The summed E-state index contributed by atoms with van der Waals surface area (Å²) in [5, 5.41) is 23.0. The first-order valence-electron chi connectivity index (χ1n) is 13.2. The van der Waals surface area contributed by atoms with Crippen LogP contribution in [0.25, 0.3) is 0 Å². The first-order valence-corrected chi connectivity index (χ1v) is 13.2. The zero-order valence-electron chi connectivity index (χ0n) is 22.1. The van der Waals surface area contributed by atoms with Gasteiger partial charge in [0, 0.05) is 13.1 Å². The fraction of sp³-hybridized carbons (Fsp3) is 0.840. The van der Waals surface area contributed by atoms with E-state index in [1.165, 1.54) is 0 Å². The van der Waals surface area contributed by atoms with E-state index in [4.69, 9.17) is 15.7 Å². The number of rotatable bonds is 17. The lowest BCUT2D eigenvalue weighted by molar-refractivity contribution is -0.169. The number of ether oxygens (including phenoxy) is 1. The SMILES string of the molecule is CCCCCCC[C@H](OC(=O)[C@H](N)CCCCN(O)C=O)C(C)(C)C(=O)N[C@H]1CCCCN(O)C1=O. The van der Waals surface area contributed by atoms with Crippen molar-refractivity contribution >= 4 is 24.2 Å². The molecule has 5 N–H and O–H groups in total. The highest BCUT2D eigenvalue weighted by Gasteiger charge is 2.42. The number of nitrogens with one attached hydrogen (secondary N) is 1. The van der Waals surface area contributed by atoms with Crippen LogP contribution in [0.5, 0.6) is 0 Å². The van der Waals surface area contributed by atoms with Gasteiger partial charge in [-0.25, -0.2) is 10.1 Å². The van der Waals surface area contributed by atoms with Gasteiger partial charge in [-0.1, -0.05) is 32.6 Å². The molecule has 1 rings (SSSR count). The summed E-state index contributed by atoms with van der Waals surface area (Å²) >= 11 is 0. The number of unbranched alkanes of at least 4 members (excludes halogenated alkanes) is 5. The smallest absolute Gasteiger partial charge is 0.323 e. The average molecular weight is 515 g/mol. The second-order valence-electron chi connectivity index (χ2n) is 10.2. The average Bonchev–Trinajstić information content (AvgIpc) is 3.00. The summed E-state index contributed by atoms with van der Waals surface area (Å²) in [6.07, 6.45) is 8.09. The quantitative estimate of drug-likeness (QED) is 0.0756. The van der Waals surface area contributed by atoms with Gasteiger partial charge in [-0.3, -0.25) is 29.6 Å². The maximum Gasteiger partial charge on any atom is 0.323 e. The molecular weight excluding hydrogens is 468 g/mol. The maximum atomic E-state index is 13.3. The van der Waals surface area contributed by atoms with E-state index >= 15 is 0 Å². The van der Waals surface area contributed by atoms with Gasteiger partial charge in [0.05, 0.1) is 5.41 Å². The zero-order chi connectivity index (χ0) is 27.1. The number of esters is 1. The molecule has 0 saturated carbocycles. The Balaban J connectivity index is 2.82. The molecular formula is C25H46N4O7. The van der Waals surface area contributed by atoms with Crippen molar-refractivity contribution in [2.24, 2.45) is 11.1 Å². The lowest BCUT2D eigenvalue weighted by atomic mass is 9.82. The summed E-state index contributed by atoms with van der Waals surface area (Å²) in [7, 11) is 0. The summed E-state index contributed by atoms with van der Waals surface area (Å²) in [4.78, 5) is 48.9. The van der Waals surface area contributed by atoms with Gasteiger partial charge in [0.25, 0.3) is 5.91 Å². The number of carbonyl (C=O) groups excluding carboxylic acids is 4. The zero-order valence-corrected chi connectivity index (χ0v) is 22.1. The molecule has 1 aliphatic rings. The van der Waals surface area contributed by atoms with Gasteiger partial charge in [0.15, 0.2) is 0 Å². The molecule has 0 aromatic heterocycles. The fourth-order valence-corrected chi connectivity index (χ4v) is 4.18. The number of hydrogen-bond acceptors (Lipinski definition) is 8. The summed E-state index contributed by atoms with van der Waals surface area (Å²) in [5.41, 5.74) is 4.90. The summed E-state index contributed by atoms with van der Waals surface area (Å²) in [6, 6.07) is -1.73. The number of amides is 3. The van der Waals surface area contributed by atoms with Crippen LogP contribution in [0.2, 0.25) is 0 Å². The number of carbonyl (C=O) groups is 4. The van der Waals surface area contributed by atoms with E-state index in [0.717, 1.165) is 32.1 Å². The molecule has 0 aromatic rings. The van der Waals surface area contributed by atoms with Crippen LogP contribution in [0.1, 0.15) is 97.8 Å². The Kier molecular flexibility index (Phi) is 14.6. The highest BCUT2D eigenvalue weighted by molar-refractivity contribution is 5.90. The normalized spacial score (nSPS) is 18.2. The molecule has 0 radical (unpaired) electrons. The van der Waals surface area contributed by atoms with Crippen molar-refractivity contribution in [3.8, 4) is 0 Å². The molecule has 1 saturated heterocycles. The topological polar surface area (TPSA) is 162 Å². The molecule has 0 aromatic carbocycles. The minimum absolute atomic E-state index is 0.143. The van der Waals surface area contributed by atoms with Crippen LogP contribution >= 0.6 is 0 Å². The standard InChI is InChI=1S/C25H46N4O7/c1-4-5-6-7-8-15-21(36-23(32)19(26)13-9-11-16-28(34)18-30)25(2,3)24(33)27-20-14-10-12-17-29(35)22(20)31/h18-21,34-35H,4-17,26H2,1-3H3,(H,27,33)/t19-,20+,21+/m1/s1. The van der Waals surface area contributed by atoms with E-state index in [2.05, 4.69) is 12.2 Å². The minimum atomic E-state index is -1.13. The second-order valence-corrected chi connectivity index (χ2v) is 10.2. The molecule has 11 nitrogen and oxygen atoms in total. The van der Waals surface area contributed by atoms with Crippen LogP contribution in [0.3, 0.4) is 0 Å². The minimum Gasteiger partial charge on any atom is -0.460 e. The Hall–Kier alpha value is -2.24.